The molecule has 0 spiro atoms. The van der Waals surface area contributed by atoms with Gasteiger partial charge in [-0.25, -0.2) is 4.99 Å². The summed E-state index contributed by atoms with van der Waals surface area (Å²) >= 11 is 0. The number of anilines is 1. The van der Waals surface area contributed by atoms with Crippen LogP contribution in [0.1, 0.15) is 12.0 Å². The number of benzene rings is 2. The van der Waals surface area contributed by atoms with E-state index in [1.807, 2.05) is 32.3 Å². The number of nitrogens with one attached hydrogen (secondary N) is 1. The molecule has 3 rings (SSSR count). The minimum absolute atomic E-state index is 0. The zero-order chi connectivity index (χ0) is 19.1. The topological polar surface area (TPSA) is 40.1 Å². The predicted molar refractivity (Wildman–Crippen MR) is 128 cm³/mol. The van der Waals surface area contributed by atoms with E-state index in [9.17, 15) is 0 Å². The number of hydrogen-bond acceptors (Lipinski definition) is 3. The lowest BCUT2D eigenvalue weighted by atomic mass is 10.1. The summed E-state index contributed by atoms with van der Waals surface area (Å²) in [6.07, 6.45) is 1.17. The summed E-state index contributed by atoms with van der Waals surface area (Å²) in [7, 11) is 5.81. The van der Waals surface area contributed by atoms with Crippen LogP contribution in [0, 0.1) is 5.92 Å². The molecule has 0 radical (unpaired) electrons. The van der Waals surface area contributed by atoms with E-state index in [0.29, 0.717) is 12.5 Å². The maximum atomic E-state index is 5.51. The van der Waals surface area contributed by atoms with Gasteiger partial charge in [-0.05, 0) is 30.0 Å². The molecule has 0 amide bonds. The van der Waals surface area contributed by atoms with Crippen LogP contribution in [0.3, 0.4) is 0 Å². The van der Waals surface area contributed by atoms with Crippen molar-refractivity contribution >= 4 is 35.6 Å². The van der Waals surface area contributed by atoms with Gasteiger partial charge in [0.25, 0.3) is 0 Å². The molecule has 0 bridgehead atoms. The lowest BCUT2D eigenvalue weighted by molar-refractivity contribution is 0.414. The molecule has 5 nitrogen and oxygen atoms in total. The molecule has 28 heavy (non-hydrogen) atoms. The highest BCUT2D eigenvalue weighted by atomic mass is 127. The molecule has 1 heterocycles. The van der Waals surface area contributed by atoms with Crippen molar-refractivity contribution in [2.24, 2.45) is 10.9 Å². The molecule has 2 aromatic carbocycles. The van der Waals surface area contributed by atoms with Crippen molar-refractivity contribution in [1.29, 1.82) is 0 Å². The fraction of sp³-hybridized carbons (Fsp3) is 0.409. The lowest BCUT2D eigenvalue weighted by Crippen LogP contribution is -2.39. The minimum atomic E-state index is 0. The van der Waals surface area contributed by atoms with Crippen LogP contribution in [-0.2, 0) is 6.54 Å². The third-order valence-electron chi connectivity index (χ3n) is 4.94. The average Bonchev–Trinajstić information content (AvgIpc) is 3.17. The Labute approximate surface area is 185 Å². The van der Waals surface area contributed by atoms with Crippen LogP contribution >= 0.6 is 24.0 Å². The minimum Gasteiger partial charge on any atom is -0.495 e. The monoisotopic (exact) mass is 494 g/mol. The average molecular weight is 494 g/mol. The van der Waals surface area contributed by atoms with Crippen LogP contribution < -0.4 is 15.0 Å². The maximum absolute atomic E-state index is 5.51. The van der Waals surface area contributed by atoms with E-state index in [4.69, 9.17) is 9.73 Å². The van der Waals surface area contributed by atoms with Crippen LogP contribution in [0.4, 0.5) is 5.69 Å². The Hall–Kier alpha value is -1.96. The zero-order valence-electron chi connectivity index (χ0n) is 17.0. The number of guanidine groups is 1. The standard InChI is InChI=1S/C22H30N4O.HI/c1-25(2)22(23-15-18-9-5-4-6-10-18)24-16-19-13-14-26(17-19)20-11-7-8-12-21(20)27-3;/h4-12,19H,13-17H2,1-3H3,(H,23,24);1H. The van der Waals surface area contributed by atoms with Crippen LogP contribution in [0.2, 0.25) is 0 Å². The second-order valence-corrected chi connectivity index (χ2v) is 7.17. The third-order valence-corrected chi connectivity index (χ3v) is 4.94. The van der Waals surface area contributed by atoms with Gasteiger partial charge in [0.1, 0.15) is 5.75 Å². The maximum Gasteiger partial charge on any atom is 0.193 e. The van der Waals surface area contributed by atoms with Gasteiger partial charge in [-0.1, -0.05) is 42.5 Å². The molecule has 6 heteroatoms. The zero-order valence-corrected chi connectivity index (χ0v) is 19.3. The molecular weight excluding hydrogens is 463 g/mol. The summed E-state index contributed by atoms with van der Waals surface area (Å²) in [5, 5.41) is 3.55. The van der Waals surface area contributed by atoms with Crippen molar-refractivity contribution in [3.8, 4) is 5.75 Å². The molecule has 1 fully saturated rings. The van der Waals surface area contributed by atoms with Gasteiger partial charge in [0.2, 0.25) is 0 Å². The molecule has 2 aromatic rings. The summed E-state index contributed by atoms with van der Waals surface area (Å²) < 4.78 is 5.51. The quantitative estimate of drug-likeness (QED) is 0.377. The highest BCUT2D eigenvalue weighted by molar-refractivity contribution is 14.0. The van der Waals surface area contributed by atoms with E-state index < -0.39 is 0 Å². The summed E-state index contributed by atoms with van der Waals surface area (Å²) in [5.41, 5.74) is 2.41. The van der Waals surface area contributed by atoms with Gasteiger partial charge in [0, 0.05) is 33.7 Å². The molecule has 0 aromatic heterocycles. The molecule has 152 valence electrons. The smallest absolute Gasteiger partial charge is 0.193 e. The Morgan fingerprint density at radius 1 is 1.14 bits per heavy atom. The number of halogens is 1. The van der Waals surface area contributed by atoms with Crippen molar-refractivity contribution < 1.29 is 4.74 Å². The van der Waals surface area contributed by atoms with Crippen molar-refractivity contribution in [3.63, 3.8) is 0 Å². The van der Waals surface area contributed by atoms with E-state index in [0.717, 1.165) is 31.3 Å². The number of aliphatic imine (C=N–C) groups is 1. The summed E-state index contributed by atoms with van der Waals surface area (Å²) in [4.78, 5) is 9.23. The van der Waals surface area contributed by atoms with Crippen molar-refractivity contribution in [1.82, 2.24) is 10.2 Å². The fourth-order valence-corrected chi connectivity index (χ4v) is 3.45. The second-order valence-electron chi connectivity index (χ2n) is 7.17. The van der Waals surface area contributed by atoms with Gasteiger partial charge in [-0.2, -0.15) is 0 Å². The molecule has 1 aliphatic heterocycles. The van der Waals surface area contributed by atoms with Gasteiger partial charge < -0.3 is 19.9 Å². The van der Waals surface area contributed by atoms with Crippen molar-refractivity contribution in [2.75, 3.05) is 45.7 Å². The molecule has 1 atom stereocenters. The number of rotatable bonds is 6. The van der Waals surface area contributed by atoms with Crippen LogP contribution in [0.5, 0.6) is 5.75 Å². The number of ether oxygens (including phenoxy) is 1. The summed E-state index contributed by atoms with van der Waals surface area (Å²) in [6.45, 7) is 3.72. The number of nitrogens with zero attached hydrogens (tertiary/aromatic N) is 3. The van der Waals surface area contributed by atoms with E-state index in [-0.39, 0.29) is 24.0 Å². The highest BCUT2D eigenvalue weighted by Gasteiger charge is 2.24. The second kappa shape index (κ2) is 11.1. The summed E-state index contributed by atoms with van der Waals surface area (Å²) in [6, 6.07) is 18.6. The van der Waals surface area contributed by atoms with Gasteiger partial charge in [0.15, 0.2) is 5.96 Å². The Morgan fingerprint density at radius 2 is 1.86 bits per heavy atom. The molecule has 1 aliphatic rings. The SMILES string of the molecule is COc1ccccc1N1CCC(CNC(=NCc2ccccc2)N(C)C)C1.I. The van der Waals surface area contributed by atoms with Crippen LogP contribution in [-0.4, -0.2) is 51.7 Å². The first-order valence-corrected chi connectivity index (χ1v) is 9.55. The van der Waals surface area contributed by atoms with E-state index in [1.165, 1.54) is 17.7 Å². The number of methoxy groups -OCH3 is 1. The molecule has 0 aliphatic carbocycles. The molecular formula is C22H31IN4O. The van der Waals surface area contributed by atoms with Crippen molar-refractivity contribution in [2.45, 2.75) is 13.0 Å². The van der Waals surface area contributed by atoms with Crippen LogP contribution in [0.15, 0.2) is 59.6 Å². The molecule has 1 N–H and O–H groups in total. The molecule has 0 saturated carbocycles. The van der Waals surface area contributed by atoms with Gasteiger partial charge in [0.05, 0.1) is 19.3 Å². The van der Waals surface area contributed by atoms with Gasteiger partial charge >= 0.3 is 0 Å². The normalized spacial score (nSPS) is 16.5. The van der Waals surface area contributed by atoms with Crippen molar-refractivity contribution in [3.05, 3.63) is 60.2 Å². The lowest BCUT2D eigenvalue weighted by Gasteiger charge is -2.22. The first-order chi connectivity index (χ1) is 13.2. The fourth-order valence-electron chi connectivity index (χ4n) is 3.45. The Bertz CT molecular complexity index is 751. The highest BCUT2D eigenvalue weighted by Crippen LogP contribution is 2.31. The first-order valence-electron chi connectivity index (χ1n) is 9.55. The third kappa shape index (κ3) is 6.02. The van der Waals surface area contributed by atoms with Gasteiger partial charge in [-0.3, -0.25) is 0 Å². The summed E-state index contributed by atoms with van der Waals surface area (Å²) in [5.74, 6) is 2.48. The van der Waals surface area contributed by atoms with E-state index in [1.54, 1.807) is 7.11 Å². The largest absolute Gasteiger partial charge is 0.495 e. The Kier molecular flexibility index (Phi) is 8.89. The Morgan fingerprint density at radius 3 is 2.57 bits per heavy atom. The van der Waals surface area contributed by atoms with Gasteiger partial charge in [-0.15, -0.1) is 24.0 Å². The number of para-hydroxylation sites is 2. The Balaban J connectivity index is 0.00000280. The molecule has 1 saturated heterocycles. The molecule has 1 unspecified atom stereocenters. The number of hydrogen-bond donors (Lipinski definition) is 1. The van der Waals surface area contributed by atoms with Crippen LogP contribution in [0.25, 0.3) is 0 Å². The first kappa shape index (κ1) is 22.3. The predicted octanol–water partition coefficient (Wildman–Crippen LogP) is 3.85. The van der Waals surface area contributed by atoms with E-state index in [2.05, 4.69) is 51.5 Å². The van der Waals surface area contributed by atoms with E-state index >= 15 is 0 Å².